The Morgan fingerprint density at radius 2 is 1.90 bits per heavy atom. The Kier molecular flexibility index (Phi) is 5.86. The molecule has 0 aliphatic rings. The largest absolute Gasteiger partial charge is 0.495 e. The van der Waals surface area contributed by atoms with Gasteiger partial charge in [-0.15, -0.1) is 11.6 Å². The molecule has 0 spiro atoms. The molecule has 20 heavy (non-hydrogen) atoms. The highest BCUT2D eigenvalue weighted by atomic mass is 35.5. The molecule has 0 bridgehead atoms. The fraction of sp³-hybridized carbons (Fsp3) is 0.571. The molecule has 1 unspecified atom stereocenters. The van der Waals surface area contributed by atoms with Crippen LogP contribution in [0.1, 0.15) is 26.3 Å². The van der Waals surface area contributed by atoms with Crippen molar-refractivity contribution < 1.29 is 13.2 Å². The number of sulfonamides is 1. The average Bonchev–Trinajstić information content (AvgIpc) is 2.44. The van der Waals surface area contributed by atoms with Crippen LogP contribution in [0.25, 0.3) is 0 Å². The molecule has 0 aromatic heterocycles. The van der Waals surface area contributed by atoms with Crippen molar-refractivity contribution in [2.24, 2.45) is 5.92 Å². The lowest BCUT2D eigenvalue weighted by molar-refractivity contribution is 0.313. The molecule has 4 nitrogen and oxygen atoms in total. The fourth-order valence-corrected chi connectivity index (χ4v) is 3.66. The number of alkyl halides is 1. The van der Waals surface area contributed by atoms with Crippen LogP contribution in [0.3, 0.4) is 0 Å². The highest BCUT2D eigenvalue weighted by Gasteiger charge is 2.29. The Morgan fingerprint density at radius 3 is 2.35 bits per heavy atom. The van der Waals surface area contributed by atoms with Crippen molar-refractivity contribution in [2.45, 2.75) is 37.6 Å². The maximum atomic E-state index is 12.7. The molecule has 0 saturated carbocycles. The van der Waals surface area contributed by atoms with Crippen molar-refractivity contribution >= 4 is 21.6 Å². The lowest BCUT2D eigenvalue weighted by Crippen LogP contribution is -2.38. The molecule has 0 fully saturated rings. The van der Waals surface area contributed by atoms with Gasteiger partial charge in [0.15, 0.2) is 0 Å². The molecule has 0 amide bonds. The molecule has 0 saturated heterocycles. The minimum absolute atomic E-state index is 0.107. The topological polar surface area (TPSA) is 46.6 Å². The second-order valence-corrected chi connectivity index (χ2v) is 7.36. The minimum atomic E-state index is -3.61. The summed E-state index contributed by atoms with van der Waals surface area (Å²) in [5.41, 5.74) is 0.747. The molecule has 0 radical (unpaired) electrons. The second kappa shape index (κ2) is 6.78. The summed E-state index contributed by atoms with van der Waals surface area (Å²) < 4.78 is 32.0. The standard InChI is InChI=1S/C14H22ClNO3S/c1-10(2)11(3)16(4)20(17,18)14-8-12(9-15)6-7-13(14)19-5/h6-8,10-11H,9H2,1-5H3. The van der Waals surface area contributed by atoms with Crippen molar-refractivity contribution in [2.75, 3.05) is 14.2 Å². The average molecular weight is 320 g/mol. The number of hydrogen-bond acceptors (Lipinski definition) is 3. The first-order chi connectivity index (χ1) is 9.25. The van der Waals surface area contributed by atoms with Crippen LogP contribution in [0.4, 0.5) is 0 Å². The molecule has 1 atom stereocenters. The van der Waals surface area contributed by atoms with Gasteiger partial charge in [0, 0.05) is 19.0 Å². The molecule has 1 aromatic rings. The monoisotopic (exact) mass is 319 g/mol. The third-order valence-electron chi connectivity index (χ3n) is 3.58. The number of nitrogens with zero attached hydrogens (tertiary/aromatic N) is 1. The fourth-order valence-electron chi connectivity index (χ4n) is 1.80. The summed E-state index contributed by atoms with van der Waals surface area (Å²) in [6, 6.07) is 4.87. The molecular weight excluding hydrogens is 298 g/mol. The van der Waals surface area contributed by atoms with Crippen molar-refractivity contribution in [3.05, 3.63) is 23.8 Å². The first-order valence-electron chi connectivity index (χ1n) is 6.46. The summed E-state index contributed by atoms with van der Waals surface area (Å²) in [4.78, 5) is 0.160. The van der Waals surface area contributed by atoms with E-state index >= 15 is 0 Å². The highest BCUT2D eigenvalue weighted by Crippen LogP contribution is 2.29. The van der Waals surface area contributed by atoms with Crippen LogP contribution in [0.2, 0.25) is 0 Å². The predicted octanol–water partition coefficient (Wildman–Crippen LogP) is 3.10. The van der Waals surface area contributed by atoms with E-state index in [1.807, 2.05) is 20.8 Å². The molecule has 0 N–H and O–H groups in total. The zero-order chi connectivity index (χ0) is 15.5. The summed E-state index contributed by atoms with van der Waals surface area (Å²) in [6.45, 7) is 5.87. The first-order valence-corrected chi connectivity index (χ1v) is 8.44. The van der Waals surface area contributed by atoms with Crippen LogP contribution in [0.15, 0.2) is 23.1 Å². The molecule has 0 aliphatic carbocycles. The van der Waals surface area contributed by atoms with Crippen molar-refractivity contribution in [3.63, 3.8) is 0 Å². The van der Waals surface area contributed by atoms with E-state index < -0.39 is 10.0 Å². The van der Waals surface area contributed by atoms with E-state index in [-0.39, 0.29) is 22.7 Å². The smallest absolute Gasteiger partial charge is 0.246 e. The first kappa shape index (κ1) is 17.3. The number of ether oxygens (including phenoxy) is 1. The van der Waals surface area contributed by atoms with E-state index in [2.05, 4.69) is 0 Å². The Bertz CT molecular complexity index is 558. The van der Waals surface area contributed by atoms with E-state index in [0.717, 1.165) is 5.56 Å². The Morgan fingerprint density at radius 1 is 1.30 bits per heavy atom. The van der Waals surface area contributed by atoms with Crippen molar-refractivity contribution in [1.29, 1.82) is 0 Å². The highest BCUT2D eigenvalue weighted by molar-refractivity contribution is 7.89. The predicted molar refractivity (Wildman–Crippen MR) is 81.8 cm³/mol. The molecule has 6 heteroatoms. The molecule has 1 rings (SSSR count). The SMILES string of the molecule is COc1ccc(CCl)cc1S(=O)(=O)N(C)C(C)C(C)C. The lowest BCUT2D eigenvalue weighted by atomic mass is 10.1. The van der Waals surface area contributed by atoms with Gasteiger partial charge < -0.3 is 4.74 Å². The van der Waals surface area contributed by atoms with E-state index in [0.29, 0.717) is 5.75 Å². The van der Waals surface area contributed by atoms with E-state index in [4.69, 9.17) is 16.3 Å². The minimum Gasteiger partial charge on any atom is -0.495 e. The van der Waals surface area contributed by atoms with Gasteiger partial charge in [0.1, 0.15) is 10.6 Å². The van der Waals surface area contributed by atoms with Crippen LogP contribution < -0.4 is 4.74 Å². The molecular formula is C14H22ClNO3S. The van der Waals surface area contributed by atoms with Gasteiger partial charge >= 0.3 is 0 Å². The summed E-state index contributed by atoms with van der Waals surface area (Å²) in [6.07, 6.45) is 0. The maximum absolute atomic E-state index is 12.7. The summed E-state index contributed by atoms with van der Waals surface area (Å²) in [7, 11) is -0.560. The Balaban J connectivity index is 3.33. The van der Waals surface area contributed by atoms with Crippen LogP contribution >= 0.6 is 11.6 Å². The van der Waals surface area contributed by atoms with Gasteiger partial charge in [0.2, 0.25) is 10.0 Å². The molecule has 0 heterocycles. The number of methoxy groups -OCH3 is 1. The van der Waals surface area contributed by atoms with Gasteiger partial charge in [-0.25, -0.2) is 8.42 Å². The summed E-state index contributed by atoms with van der Waals surface area (Å²) in [5, 5.41) is 0. The zero-order valence-electron chi connectivity index (χ0n) is 12.6. The molecule has 0 aliphatic heterocycles. The van der Waals surface area contributed by atoms with Crippen LogP contribution in [0.5, 0.6) is 5.75 Å². The van der Waals surface area contributed by atoms with Gasteiger partial charge in [0.05, 0.1) is 7.11 Å². The molecule has 114 valence electrons. The summed E-state index contributed by atoms with van der Waals surface area (Å²) in [5.74, 6) is 0.814. The van der Waals surface area contributed by atoms with E-state index in [1.165, 1.54) is 11.4 Å². The third kappa shape index (κ3) is 3.45. The molecule has 1 aromatic carbocycles. The third-order valence-corrected chi connectivity index (χ3v) is 5.85. The van der Waals surface area contributed by atoms with Gasteiger partial charge in [-0.1, -0.05) is 19.9 Å². The summed E-state index contributed by atoms with van der Waals surface area (Å²) >= 11 is 5.79. The quantitative estimate of drug-likeness (QED) is 0.757. The van der Waals surface area contributed by atoms with Gasteiger partial charge in [0.25, 0.3) is 0 Å². The van der Waals surface area contributed by atoms with Gasteiger partial charge in [-0.05, 0) is 30.5 Å². The second-order valence-electron chi connectivity index (χ2n) is 5.12. The van der Waals surface area contributed by atoms with E-state index in [9.17, 15) is 8.42 Å². The van der Waals surface area contributed by atoms with Crippen LogP contribution in [-0.4, -0.2) is 32.9 Å². The van der Waals surface area contributed by atoms with Crippen molar-refractivity contribution in [1.82, 2.24) is 4.31 Å². The number of benzene rings is 1. The lowest BCUT2D eigenvalue weighted by Gasteiger charge is -2.27. The Labute approximate surface area is 126 Å². The maximum Gasteiger partial charge on any atom is 0.246 e. The number of hydrogen-bond donors (Lipinski definition) is 0. The number of halogens is 1. The van der Waals surface area contributed by atoms with Gasteiger partial charge in [-0.2, -0.15) is 4.31 Å². The normalized spacial score (nSPS) is 13.8. The Hall–Kier alpha value is -0.780. The van der Waals surface area contributed by atoms with Crippen LogP contribution in [-0.2, 0) is 15.9 Å². The van der Waals surface area contributed by atoms with E-state index in [1.54, 1.807) is 25.2 Å². The van der Waals surface area contributed by atoms with Crippen molar-refractivity contribution in [3.8, 4) is 5.75 Å². The van der Waals surface area contributed by atoms with Gasteiger partial charge in [-0.3, -0.25) is 0 Å². The van der Waals surface area contributed by atoms with Crippen LogP contribution in [0, 0.1) is 5.92 Å². The number of rotatable bonds is 6. The zero-order valence-corrected chi connectivity index (χ0v) is 14.1.